The van der Waals surface area contributed by atoms with E-state index in [-0.39, 0.29) is 5.43 Å². The average Bonchev–Trinajstić information content (AvgIpc) is 3.01. The molecule has 5 rings (SSSR count). The first kappa shape index (κ1) is 13.1. The number of H-pyrrole nitrogens is 2. The minimum Gasteiger partial charge on any atom is -0.353 e. The zero-order valence-corrected chi connectivity index (χ0v) is 12.8. The molecule has 0 aliphatic rings. The maximum atomic E-state index is 12.8. The predicted molar refractivity (Wildman–Crippen MR) is 99.4 cm³/mol. The summed E-state index contributed by atoms with van der Waals surface area (Å²) in [5, 5.41) is 1.74. The predicted octanol–water partition coefficient (Wildman–Crippen LogP) is 4.83. The van der Waals surface area contributed by atoms with Crippen molar-refractivity contribution in [1.82, 2.24) is 9.97 Å². The second-order valence-corrected chi connectivity index (χ2v) is 6.00. The normalized spacial score (nSPS) is 11.5. The Morgan fingerprint density at radius 2 is 1.29 bits per heavy atom. The van der Waals surface area contributed by atoms with Crippen LogP contribution in [-0.4, -0.2) is 9.97 Å². The molecule has 0 aliphatic heterocycles. The lowest BCUT2D eigenvalue weighted by Gasteiger charge is -2.02. The first-order valence-corrected chi connectivity index (χ1v) is 7.93. The van der Waals surface area contributed by atoms with Gasteiger partial charge in [0.1, 0.15) is 5.52 Å². The first-order valence-electron chi connectivity index (χ1n) is 7.93. The summed E-state index contributed by atoms with van der Waals surface area (Å²) in [5.41, 5.74) is 5.67. The highest BCUT2D eigenvalue weighted by Gasteiger charge is 2.11. The number of fused-ring (bicyclic) bond motifs is 4. The second-order valence-electron chi connectivity index (χ2n) is 6.00. The van der Waals surface area contributed by atoms with Crippen molar-refractivity contribution >= 4 is 32.8 Å². The van der Waals surface area contributed by atoms with Crippen LogP contribution in [0.3, 0.4) is 0 Å². The number of para-hydroxylation sites is 1. The maximum Gasteiger partial charge on any atom is 0.213 e. The fourth-order valence-electron chi connectivity index (χ4n) is 3.36. The third-order valence-electron chi connectivity index (χ3n) is 4.56. The molecule has 2 heterocycles. The van der Waals surface area contributed by atoms with Gasteiger partial charge in [0.2, 0.25) is 5.43 Å². The molecule has 0 aliphatic carbocycles. The average molecular weight is 310 g/mol. The van der Waals surface area contributed by atoms with Crippen molar-refractivity contribution in [2.45, 2.75) is 0 Å². The number of aromatic amines is 2. The Morgan fingerprint density at radius 1 is 0.583 bits per heavy atom. The van der Waals surface area contributed by atoms with Crippen molar-refractivity contribution in [3.8, 4) is 11.1 Å². The molecule has 0 spiro atoms. The highest BCUT2D eigenvalue weighted by molar-refractivity contribution is 6.09. The summed E-state index contributed by atoms with van der Waals surface area (Å²) in [5.74, 6) is 0. The molecule has 0 amide bonds. The first-order chi connectivity index (χ1) is 11.8. The van der Waals surface area contributed by atoms with Crippen molar-refractivity contribution in [3.05, 3.63) is 83.0 Å². The lowest BCUT2D eigenvalue weighted by molar-refractivity contribution is 1.46. The zero-order chi connectivity index (χ0) is 16.1. The molecule has 3 aromatic carbocycles. The Bertz CT molecular complexity index is 1260. The maximum absolute atomic E-state index is 12.8. The van der Waals surface area contributed by atoms with Gasteiger partial charge in [-0.2, -0.15) is 0 Å². The molecule has 0 saturated heterocycles. The summed E-state index contributed by atoms with van der Waals surface area (Å²) in [6.45, 7) is 0. The Balaban J connectivity index is 1.89. The fraction of sp³-hybridized carbons (Fsp3) is 0. The Hall–Kier alpha value is -3.33. The van der Waals surface area contributed by atoms with Crippen molar-refractivity contribution in [2.75, 3.05) is 0 Å². The van der Waals surface area contributed by atoms with Gasteiger partial charge in [-0.1, -0.05) is 48.5 Å². The molecular weight excluding hydrogens is 296 g/mol. The molecular formula is C21H14N2O. The van der Waals surface area contributed by atoms with Crippen molar-refractivity contribution < 1.29 is 0 Å². The van der Waals surface area contributed by atoms with Crippen LogP contribution in [0.2, 0.25) is 0 Å². The standard InChI is InChI=1S/C21H14N2O/c24-21-15-8-4-5-9-17(15)22-19-16-12-14(13-6-2-1-3-7-13)10-11-18(16)23-20(19)21/h1-12,23H,(H,22,24). The molecule has 3 nitrogen and oxygen atoms in total. The SMILES string of the molecule is O=c1c2ccccc2[nH]c2c1[nH]c1ccc(-c3ccccc3)cc12. The van der Waals surface area contributed by atoms with Gasteiger partial charge in [-0.15, -0.1) is 0 Å². The molecule has 2 N–H and O–H groups in total. The Kier molecular flexibility index (Phi) is 2.65. The second kappa shape index (κ2) is 4.83. The molecule has 0 atom stereocenters. The van der Waals surface area contributed by atoms with Crippen LogP contribution >= 0.6 is 0 Å². The van der Waals surface area contributed by atoms with Gasteiger partial charge in [0.15, 0.2) is 0 Å². The highest BCUT2D eigenvalue weighted by Crippen LogP contribution is 2.29. The van der Waals surface area contributed by atoms with Gasteiger partial charge >= 0.3 is 0 Å². The van der Waals surface area contributed by atoms with Crippen LogP contribution in [0.5, 0.6) is 0 Å². The lowest BCUT2D eigenvalue weighted by atomic mass is 10.0. The van der Waals surface area contributed by atoms with Crippen LogP contribution in [0.25, 0.3) is 44.0 Å². The van der Waals surface area contributed by atoms with E-state index in [0.717, 1.165) is 33.1 Å². The summed E-state index contributed by atoms with van der Waals surface area (Å²) < 4.78 is 0. The summed E-state index contributed by atoms with van der Waals surface area (Å²) in [4.78, 5) is 19.5. The molecule has 0 radical (unpaired) electrons. The van der Waals surface area contributed by atoms with E-state index in [4.69, 9.17) is 0 Å². The van der Waals surface area contributed by atoms with E-state index >= 15 is 0 Å². The molecule has 24 heavy (non-hydrogen) atoms. The van der Waals surface area contributed by atoms with Crippen LogP contribution < -0.4 is 5.43 Å². The van der Waals surface area contributed by atoms with E-state index in [0.29, 0.717) is 10.9 Å². The molecule has 114 valence electrons. The van der Waals surface area contributed by atoms with Gasteiger partial charge in [0.05, 0.1) is 5.52 Å². The number of aromatic nitrogens is 2. The largest absolute Gasteiger partial charge is 0.353 e. The smallest absolute Gasteiger partial charge is 0.213 e. The monoisotopic (exact) mass is 310 g/mol. The zero-order valence-electron chi connectivity index (χ0n) is 12.8. The van der Waals surface area contributed by atoms with Crippen LogP contribution in [0, 0.1) is 0 Å². The van der Waals surface area contributed by atoms with Gasteiger partial charge in [-0.3, -0.25) is 4.79 Å². The van der Waals surface area contributed by atoms with Gasteiger partial charge in [0.25, 0.3) is 0 Å². The van der Waals surface area contributed by atoms with E-state index in [1.54, 1.807) is 0 Å². The summed E-state index contributed by atoms with van der Waals surface area (Å²) in [6, 6.07) is 24.1. The molecule has 3 heteroatoms. The van der Waals surface area contributed by atoms with Crippen LogP contribution in [-0.2, 0) is 0 Å². The van der Waals surface area contributed by atoms with E-state index in [9.17, 15) is 4.79 Å². The third-order valence-corrected chi connectivity index (χ3v) is 4.56. The minimum atomic E-state index is 0.0387. The van der Waals surface area contributed by atoms with Gasteiger partial charge < -0.3 is 9.97 Å². The van der Waals surface area contributed by atoms with Crippen molar-refractivity contribution in [3.63, 3.8) is 0 Å². The molecule has 5 aromatic rings. The highest BCUT2D eigenvalue weighted by atomic mass is 16.1. The number of nitrogens with one attached hydrogen (secondary N) is 2. The number of benzene rings is 3. The topological polar surface area (TPSA) is 48.6 Å². The Morgan fingerprint density at radius 3 is 2.17 bits per heavy atom. The number of hydrogen-bond acceptors (Lipinski definition) is 1. The molecule has 0 fully saturated rings. The van der Waals surface area contributed by atoms with Crippen LogP contribution in [0.1, 0.15) is 0 Å². The lowest BCUT2D eigenvalue weighted by Crippen LogP contribution is -2.03. The summed E-state index contributed by atoms with van der Waals surface area (Å²) in [7, 11) is 0. The molecule has 0 saturated carbocycles. The number of hydrogen-bond donors (Lipinski definition) is 2. The van der Waals surface area contributed by atoms with E-state index in [1.807, 2.05) is 48.5 Å². The van der Waals surface area contributed by atoms with Crippen molar-refractivity contribution in [1.29, 1.82) is 0 Å². The van der Waals surface area contributed by atoms with Crippen LogP contribution in [0.4, 0.5) is 0 Å². The number of rotatable bonds is 1. The third kappa shape index (κ3) is 1.82. The summed E-state index contributed by atoms with van der Waals surface area (Å²) in [6.07, 6.45) is 0. The minimum absolute atomic E-state index is 0.0387. The van der Waals surface area contributed by atoms with E-state index < -0.39 is 0 Å². The Labute approximate surface area is 137 Å². The summed E-state index contributed by atoms with van der Waals surface area (Å²) >= 11 is 0. The van der Waals surface area contributed by atoms with Crippen LogP contribution in [0.15, 0.2) is 77.6 Å². The van der Waals surface area contributed by atoms with E-state index in [2.05, 4.69) is 34.2 Å². The van der Waals surface area contributed by atoms with Gasteiger partial charge in [-0.25, -0.2) is 0 Å². The van der Waals surface area contributed by atoms with Gasteiger partial charge in [0, 0.05) is 21.8 Å². The molecule has 2 aromatic heterocycles. The quantitative estimate of drug-likeness (QED) is 0.458. The van der Waals surface area contributed by atoms with Gasteiger partial charge in [-0.05, 0) is 35.4 Å². The van der Waals surface area contributed by atoms with E-state index in [1.165, 1.54) is 0 Å². The molecule has 0 unspecified atom stereocenters. The van der Waals surface area contributed by atoms with Crippen molar-refractivity contribution in [2.24, 2.45) is 0 Å². The fourth-order valence-corrected chi connectivity index (χ4v) is 3.36. The number of pyridine rings is 1. The molecule has 0 bridgehead atoms.